The van der Waals surface area contributed by atoms with Crippen LogP contribution in [0.2, 0.25) is 0 Å². The van der Waals surface area contributed by atoms with Crippen LogP contribution < -0.4 is 0 Å². The van der Waals surface area contributed by atoms with Crippen LogP contribution in [0.4, 0.5) is 0 Å². The van der Waals surface area contributed by atoms with E-state index in [4.69, 9.17) is 23.7 Å². The molecule has 4 fully saturated rings. The Kier molecular flexibility index (Phi) is 11.4. The molecule has 4 saturated carbocycles. The lowest BCUT2D eigenvalue weighted by molar-refractivity contribution is -0.282. The van der Waals surface area contributed by atoms with E-state index in [0.29, 0.717) is 36.8 Å². The quantitative estimate of drug-likeness (QED) is 0.118. The Morgan fingerprint density at radius 3 is 2.20 bits per heavy atom. The second kappa shape index (κ2) is 14.8. The molecule has 0 radical (unpaired) electrons. The van der Waals surface area contributed by atoms with Crippen molar-refractivity contribution in [3.63, 3.8) is 0 Å². The predicted molar refractivity (Wildman–Crippen MR) is 187 cm³/mol. The van der Waals surface area contributed by atoms with E-state index >= 15 is 0 Å². The Balaban J connectivity index is 1.41. The third-order valence-corrected chi connectivity index (χ3v) is 13.4. The highest BCUT2D eigenvalue weighted by Crippen LogP contribution is 2.74. The Bertz CT molecular complexity index is 1480. The van der Waals surface area contributed by atoms with Gasteiger partial charge in [0.1, 0.15) is 6.10 Å². The number of carbonyl (C=O) groups is 4. The van der Waals surface area contributed by atoms with E-state index in [1.165, 1.54) is 20.8 Å². The first-order valence-corrected chi connectivity index (χ1v) is 18.6. The van der Waals surface area contributed by atoms with E-state index in [0.717, 1.165) is 31.3 Å². The number of aliphatic hydroxyl groups is 1. The molecule has 11 heteroatoms. The number of carboxylic acid groups (broad SMARTS) is 1. The van der Waals surface area contributed by atoms with Gasteiger partial charge in [-0.1, -0.05) is 39.3 Å². The second-order valence-electron chi connectivity index (χ2n) is 16.7. The highest BCUT2D eigenvalue weighted by atomic mass is 16.8. The molecule has 13 atom stereocenters. The number of hydrogen-bond donors (Lipinski definition) is 2. The molecular formula is C40H58O11. The van der Waals surface area contributed by atoms with E-state index in [1.54, 1.807) is 12.2 Å². The van der Waals surface area contributed by atoms with Crippen molar-refractivity contribution in [3.05, 3.63) is 34.9 Å². The van der Waals surface area contributed by atoms with Gasteiger partial charge in [0.2, 0.25) is 6.29 Å². The third kappa shape index (κ3) is 7.32. The summed E-state index contributed by atoms with van der Waals surface area (Å²) in [6.45, 7) is 16.9. The largest absolute Gasteiger partial charge is 0.478 e. The van der Waals surface area contributed by atoms with E-state index in [2.05, 4.69) is 27.7 Å². The second-order valence-corrected chi connectivity index (χ2v) is 16.7. The average molecular weight is 715 g/mol. The molecule has 2 N–H and O–H groups in total. The minimum atomic E-state index is -1.12. The van der Waals surface area contributed by atoms with E-state index in [-0.39, 0.29) is 40.6 Å². The zero-order chi connectivity index (χ0) is 37.6. The van der Waals surface area contributed by atoms with Gasteiger partial charge in [0.05, 0.1) is 12.2 Å². The van der Waals surface area contributed by atoms with E-state index in [1.807, 2.05) is 19.9 Å². The zero-order valence-corrected chi connectivity index (χ0v) is 31.7. The summed E-state index contributed by atoms with van der Waals surface area (Å²) in [6.07, 6.45) is 6.19. The third-order valence-electron chi connectivity index (χ3n) is 13.4. The van der Waals surface area contributed by atoms with E-state index < -0.39 is 60.2 Å². The van der Waals surface area contributed by atoms with Crippen molar-refractivity contribution >= 4 is 23.9 Å². The SMILES string of the molecule is CC(=O)O[C@H]1O[C@H](O[C@@H]2CC[C@@]3(C)C(CC[C@@]4(C)C3C(O)C[C@H]3/C(=C(\CCC=C(C)C)C(=O)O)[C@@H](OC(C)=O)C[C@@]34C)[C@@H]2C)C=C[C@@H]1OC(C)=O. The molecule has 1 heterocycles. The number of allylic oxidation sites excluding steroid dienone is 2. The van der Waals surface area contributed by atoms with Crippen LogP contribution in [-0.2, 0) is 42.9 Å². The number of esters is 3. The standard InChI is InChI=1S/C40H58O11/c1-21(2)11-10-12-26(36(45)46)34-28-19-29(44)35-38(7)17-16-30(50-33-14-13-31(47-23(4)41)37(51-33)49-25(6)43)22(3)27(38)15-18-39(35,8)40(28,9)20-32(34)48-24(5)42/h11,13-14,22,27-33,35,37,44H,10,12,15-20H2,1-9H3,(H,45,46)/b34-26-/t22-,27?,28-,29?,30+,31-,32-,33-,35?,37-,38-,39-,40-/m0/s1. The lowest BCUT2D eigenvalue weighted by atomic mass is 9.36. The van der Waals surface area contributed by atoms with Crippen molar-refractivity contribution in [3.8, 4) is 0 Å². The zero-order valence-electron chi connectivity index (χ0n) is 31.7. The molecule has 5 aliphatic rings. The summed E-state index contributed by atoms with van der Waals surface area (Å²) in [6, 6.07) is 0. The fourth-order valence-corrected chi connectivity index (χ4v) is 11.3. The molecule has 1 aliphatic heterocycles. The Labute approximate surface area is 302 Å². The van der Waals surface area contributed by atoms with Crippen LogP contribution in [0, 0.1) is 39.9 Å². The molecule has 284 valence electrons. The number of ether oxygens (including phenoxy) is 5. The van der Waals surface area contributed by atoms with Crippen LogP contribution in [0.3, 0.4) is 0 Å². The number of fused-ring (bicyclic) bond motifs is 5. The summed E-state index contributed by atoms with van der Waals surface area (Å²) < 4.78 is 29.0. The van der Waals surface area contributed by atoms with Gasteiger partial charge in [-0.2, -0.15) is 0 Å². The summed E-state index contributed by atoms with van der Waals surface area (Å²) in [5, 5.41) is 22.8. The Hall–Kier alpha value is -3.02. The van der Waals surface area contributed by atoms with Gasteiger partial charge in [0, 0.05) is 26.3 Å². The summed E-state index contributed by atoms with van der Waals surface area (Å²) in [5.74, 6) is -2.46. The van der Waals surface area contributed by atoms with Crippen LogP contribution in [0.5, 0.6) is 0 Å². The lowest BCUT2D eigenvalue weighted by Crippen LogP contribution is -2.65. The highest BCUT2D eigenvalue weighted by Gasteiger charge is 2.71. The lowest BCUT2D eigenvalue weighted by Gasteiger charge is -2.69. The maximum Gasteiger partial charge on any atom is 0.331 e. The molecule has 0 saturated heterocycles. The van der Waals surface area contributed by atoms with Crippen LogP contribution in [0.25, 0.3) is 0 Å². The number of hydrogen-bond acceptors (Lipinski definition) is 10. The van der Waals surface area contributed by atoms with Crippen molar-refractivity contribution < 1.29 is 53.1 Å². The number of rotatable bonds is 9. The average Bonchev–Trinajstić information content (AvgIpc) is 3.28. The van der Waals surface area contributed by atoms with Crippen LogP contribution in [0.15, 0.2) is 34.9 Å². The Morgan fingerprint density at radius 1 is 0.922 bits per heavy atom. The molecule has 0 amide bonds. The topological polar surface area (TPSA) is 155 Å². The van der Waals surface area contributed by atoms with Gasteiger partial charge in [-0.25, -0.2) is 4.79 Å². The van der Waals surface area contributed by atoms with Crippen LogP contribution in [0.1, 0.15) is 114 Å². The molecule has 0 aromatic heterocycles. The van der Waals surface area contributed by atoms with Crippen molar-refractivity contribution in [1.29, 1.82) is 0 Å². The van der Waals surface area contributed by atoms with Gasteiger partial charge < -0.3 is 33.9 Å². The van der Waals surface area contributed by atoms with E-state index in [9.17, 15) is 29.4 Å². The number of carbonyl (C=O) groups excluding carboxylic acids is 3. The molecule has 0 spiro atoms. The summed E-state index contributed by atoms with van der Waals surface area (Å²) in [7, 11) is 0. The van der Waals surface area contributed by atoms with Gasteiger partial charge in [0.25, 0.3) is 0 Å². The fourth-order valence-electron chi connectivity index (χ4n) is 11.3. The minimum Gasteiger partial charge on any atom is -0.478 e. The molecule has 0 bridgehead atoms. The van der Waals surface area contributed by atoms with Gasteiger partial charge in [0.15, 0.2) is 12.4 Å². The molecular weight excluding hydrogens is 656 g/mol. The number of carboxylic acids is 1. The predicted octanol–water partition coefficient (Wildman–Crippen LogP) is 6.42. The first-order chi connectivity index (χ1) is 23.8. The summed E-state index contributed by atoms with van der Waals surface area (Å²) in [4.78, 5) is 48.7. The van der Waals surface area contributed by atoms with Crippen molar-refractivity contribution in [2.75, 3.05) is 0 Å². The Morgan fingerprint density at radius 2 is 1.59 bits per heavy atom. The first kappa shape index (κ1) is 39.2. The molecule has 51 heavy (non-hydrogen) atoms. The molecule has 4 aliphatic carbocycles. The van der Waals surface area contributed by atoms with Crippen LogP contribution in [-0.4, -0.2) is 71.1 Å². The van der Waals surface area contributed by atoms with Gasteiger partial charge in [-0.15, -0.1) is 0 Å². The normalized spacial score (nSPS) is 42.4. The van der Waals surface area contributed by atoms with Gasteiger partial charge in [-0.05, 0) is 123 Å². The molecule has 11 nitrogen and oxygen atoms in total. The summed E-state index contributed by atoms with van der Waals surface area (Å²) in [5.41, 5.74) is 1.12. The molecule has 5 rings (SSSR count). The smallest absolute Gasteiger partial charge is 0.331 e. The maximum absolute atomic E-state index is 12.8. The molecule has 0 aromatic carbocycles. The van der Waals surface area contributed by atoms with Crippen molar-refractivity contribution in [2.24, 2.45) is 39.9 Å². The molecule has 3 unspecified atom stereocenters. The fraction of sp³-hybridized carbons (Fsp3) is 0.750. The maximum atomic E-state index is 12.8. The summed E-state index contributed by atoms with van der Waals surface area (Å²) >= 11 is 0. The van der Waals surface area contributed by atoms with Crippen LogP contribution >= 0.6 is 0 Å². The van der Waals surface area contributed by atoms with Crippen molar-refractivity contribution in [1.82, 2.24) is 0 Å². The first-order valence-electron chi connectivity index (χ1n) is 18.6. The van der Waals surface area contributed by atoms with Crippen molar-refractivity contribution in [2.45, 2.75) is 151 Å². The van der Waals surface area contributed by atoms with Gasteiger partial charge >= 0.3 is 23.9 Å². The number of aliphatic carboxylic acids is 1. The molecule has 0 aromatic rings. The monoisotopic (exact) mass is 714 g/mol. The van der Waals surface area contributed by atoms with Gasteiger partial charge in [-0.3, -0.25) is 14.4 Å². The highest BCUT2D eigenvalue weighted by molar-refractivity contribution is 5.88. The minimum absolute atomic E-state index is 0.0617. The number of aliphatic hydroxyl groups excluding tert-OH is 1.